The van der Waals surface area contributed by atoms with Gasteiger partial charge in [-0.15, -0.1) is 0 Å². The summed E-state index contributed by atoms with van der Waals surface area (Å²) in [6.07, 6.45) is -3.00. The van der Waals surface area contributed by atoms with Crippen molar-refractivity contribution in [3.63, 3.8) is 0 Å². The molecule has 1 amide bonds. The SMILES string of the molecule is CC1Oc2ccc(NC(C)C(F)F)cc2NC1=O. The molecule has 2 N–H and O–H groups in total. The lowest BCUT2D eigenvalue weighted by atomic mass is 10.2. The Morgan fingerprint density at radius 2 is 2.17 bits per heavy atom. The highest BCUT2D eigenvalue weighted by atomic mass is 19.3. The van der Waals surface area contributed by atoms with Crippen molar-refractivity contribution in [2.75, 3.05) is 10.6 Å². The monoisotopic (exact) mass is 256 g/mol. The van der Waals surface area contributed by atoms with Gasteiger partial charge in [0.15, 0.2) is 6.10 Å². The van der Waals surface area contributed by atoms with E-state index in [0.717, 1.165) is 0 Å². The van der Waals surface area contributed by atoms with Crippen LogP contribution >= 0.6 is 0 Å². The van der Waals surface area contributed by atoms with E-state index in [-0.39, 0.29) is 5.91 Å². The first-order valence-corrected chi connectivity index (χ1v) is 5.63. The molecule has 18 heavy (non-hydrogen) atoms. The predicted octanol–water partition coefficient (Wildman–Crippen LogP) is 2.47. The second-order valence-corrected chi connectivity index (χ2v) is 4.23. The Morgan fingerprint density at radius 3 is 2.83 bits per heavy atom. The third-order valence-electron chi connectivity index (χ3n) is 2.68. The van der Waals surface area contributed by atoms with Gasteiger partial charge in [0.1, 0.15) is 5.75 Å². The van der Waals surface area contributed by atoms with Gasteiger partial charge in [-0.3, -0.25) is 4.79 Å². The molecule has 6 heteroatoms. The summed E-state index contributed by atoms with van der Waals surface area (Å²) in [4.78, 5) is 11.4. The second-order valence-electron chi connectivity index (χ2n) is 4.23. The maximum absolute atomic E-state index is 12.4. The first-order chi connectivity index (χ1) is 8.47. The molecule has 2 atom stereocenters. The maximum Gasteiger partial charge on any atom is 0.265 e. The number of ether oxygens (including phenoxy) is 1. The van der Waals surface area contributed by atoms with E-state index < -0.39 is 18.6 Å². The van der Waals surface area contributed by atoms with E-state index in [1.165, 1.54) is 6.92 Å². The van der Waals surface area contributed by atoms with Crippen LogP contribution in [0.3, 0.4) is 0 Å². The van der Waals surface area contributed by atoms with Crippen molar-refractivity contribution >= 4 is 17.3 Å². The van der Waals surface area contributed by atoms with Gasteiger partial charge >= 0.3 is 0 Å². The Labute approximate surface area is 103 Å². The second kappa shape index (κ2) is 4.80. The lowest BCUT2D eigenvalue weighted by Crippen LogP contribution is -2.34. The molecule has 0 aliphatic carbocycles. The number of amides is 1. The van der Waals surface area contributed by atoms with Gasteiger partial charge in [-0.2, -0.15) is 0 Å². The summed E-state index contributed by atoms with van der Waals surface area (Å²) in [5, 5.41) is 5.32. The van der Waals surface area contributed by atoms with Crippen LogP contribution < -0.4 is 15.4 Å². The summed E-state index contributed by atoms with van der Waals surface area (Å²) in [7, 11) is 0. The fourth-order valence-corrected chi connectivity index (χ4v) is 1.62. The molecule has 0 saturated heterocycles. The molecule has 0 bridgehead atoms. The zero-order chi connectivity index (χ0) is 13.3. The molecular formula is C12H14F2N2O2. The van der Waals surface area contributed by atoms with E-state index in [2.05, 4.69) is 10.6 Å². The van der Waals surface area contributed by atoms with E-state index in [1.807, 2.05) is 0 Å². The molecule has 4 nitrogen and oxygen atoms in total. The first kappa shape index (κ1) is 12.6. The molecule has 0 spiro atoms. The number of carbonyl (C=O) groups excluding carboxylic acids is 1. The molecule has 0 fully saturated rings. The molecular weight excluding hydrogens is 242 g/mol. The largest absolute Gasteiger partial charge is 0.479 e. The molecule has 2 rings (SSSR count). The molecule has 2 unspecified atom stereocenters. The summed E-state index contributed by atoms with van der Waals surface area (Å²) in [5.74, 6) is 0.291. The van der Waals surface area contributed by atoms with E-state index in [9.17, 15) is 13.6 Å². The third kappa shape index (κ3) is 2.52. The van der Waals surface area contributed by atoms with E-state index in [0.29, 0.717) is 17.1 Å². The molecule has 1 aliphatic heterocycles. The predicted molar refractivity (Wildman–Crippen MR) is 64.3 cm³/mol. The molecule has 0 radical (unpaired) electrons. The number of benzene rings is 1. The molecule has 1 heterocycles. The summed E-state index contributed by atoms with van der Waals surface area (Å²) >= 11 is 0. The van der Waals surface area contributed by atoms with Crippen molar-refractivity contribution in [1.29, 1.82) is 0 Å². The topological polar surface area (TPSA) is 50.4 Å². The minimum absolute atomic E-state index is 0.249. The maximum atomic E-state index is 12.4. The van der Waals surface area contributed by atoms with Gasteiger partial charge < -0.3 is 15.4 Å². The number of carbonyl (C=O) groups is 1. The average molecular weight is 256 g/mol. The van der Waals surface area contributed by atoms with Crippen LogP contribution in [0.2, 0.25) is 0 Å². The summed E-state index contributed by atoms with van der Waals surface area (Å²) < 4.78 is 30.2. The van der Waals surface area contributed by atoms with E-state index in [4.69, 9.17) is 4.74 Å². The number of halogens is 2. The zero-order valence-electron chi connectivity index (χ0n) is 10.0. The third-order valence-corrected chi connectivity index (χ3v) is 2.68. The highest BCUT2D eigenvalue weighted by molar-refractivity contribution is 5.98. The van der Waals surface area contributed by atoms with Crippen LogP contribution in [0.5, 0.6) is 5.75 Å². The number of alkyl halides is 2. The van der Waals surface area contributed by atoms with Crippen LogP contribution in [0.25, 0.3) is 0 Å². The van der Waals surface area contributed by atoms with Crippen LogP contribution in [0, 0.1) is 0 Å². The zero-order valence-corrected chi connectivity index (χ0v) is 10.0. The molecule has 0 aromatic heterocycles. The van der Waals surface area contributed by atoms with E-state index in [1.54, 1.807) is 25.1 Å². The lowest BCUT2D eigenvalue weighted by Gasteiger charge is -2.24. The fourth-order valence-electron chi connectivity index (χ4n) is 1.62. The van der Waals surface area contributed by atoms with Crippen LogP contribution in [0.1, 0.15) is 13.8 Å². The van der Waals surface area contributed by atoms with Crippen molar-refractivity contribution < 1.29 is 18.3 Å². The minimum Gasteiger partial charge on any atom is -0.479 e. The number of hydrogen-bond donors (Lipinski definition) is 2. The number of nitrogens with one attached hydrogen (secondary N) is 2. The number of rotatable bonds is 3. The van der Waals surface area contributed by atoms with Crippen LogP contribution in [-0.2, 0) is 4.79 Å². The minimum atomic E-state index is -2.45. The van der Waals surface area contributed by atoms with Gasteiger partial charge in [0.05, 0.1) is 11.7 Å². The van der Waals surface area contributed by atoms with Crippen LogP contribution in [-0.4, -0.2) is 24.5 Å². The number of hydrogen-bond acceptors (Lipinski definition) is 3. The summed E-state index contributed by atoms with van der Waals surface area (Å²) in [6.45, 7) is 3.03. The van der Waals surface area contributed by atoms with Crippen molar-refractivity contribution in [2.45, 2.75) is 32.4 Å². The molecule has 1 aromatic rings. The van der Waals surface area contributed by atoms with Gasteiger partial charge in [-0.1, -0.05) is 0 Å². The summed E-state index contributed by atoms with van der Waals surface area (Å²) in [6, 6.07) is 3.91. The molecule has 98 valence electrons. The molecule has 1 aliphatic rings. The van der Waals surface area contributed by atoms with Crippen LogP contribution in [0.4, 0.5) is 20.2 Å². The normalized spacial score (nSPS) is 19.8. The van der Waals surface area contributed by atoms with Crippen molar-refractivity contribution in [1.82, 2.24) is 0 Å². The number of anilines is 2. The standard InChI is InChI=1S/C12H14F2N2O2/c1-6(11(13)14)15-8-3-4-10-9(5-8)16-12(17)7(2)18-10/h3-7,11,15H,1-2H3,(H,16,17). The van der Waals surface area contributed by atoms with Gasteiger partial charge in [-0.25, -0.2) is 8.78 Å². The van der Waals surface area contributed by atoms with E-state index >= 15 is 0 Å². The van der Waals surface area contributed by atoms with Crippen molar-refractivity contribution in [3.05, 3.63) is 18.2 Å². The van der Waals surface area contributed by atoms with Gasteiger partial charge in [0.25, 0.3) is 12.3 Å². The van der Waals surface area contributed by atoms with Gasteiger partial charge in [-0.05, 0) is 32.0 Å². The Hall–Kier alpha value is -1.85. The Bertz CT molecular complexity index is 465. The van der Waals surface area contributed by atoms with Crippen molar-refractivity contribution in [2.24, 2.45) is 0 Å². The Balaban J connectivity index is 2.17. The molecule has 1 aromatic carbocycles. The quantitative estimate of drug-likeness (QED) is 0.873. The highest BCUT2D eigenvalue weighted by Gasteiger charge is 2.24. The van der Waals surface area contributed by atoms with Crippen LogP contribution in [0.15, 0.2) is 18.2 Å². The Morgan fingerprint density at radius 1 is 1.44 bits per heavy atom. The Kier molecular flexibility index (Phi) is 3.36. The van der Waals surface area contributed by atoms with Gasteiger partial charge in [0, 0.05) is 5.69 Å². The number of fused-ring (bicyclic) bond motifs is 1. The van der Waals surface area contributed by atoms with Crippen molar-refractivity contribution in [3.8, 4) is 5.75 Å². The smallest absolute Gasteiger partial charge is 0.265 e. The fraction of sp³-hybridized carbons (Fsp3) is 0.417. The summed E-state index contributed by atoms with van der Waals surface area (Å²) in [5.41, 5.74) is 1.00. The first-order valence-electron chi connectivity index (χ1n) is 5.63. The average Bonchev–Trinajstić information content (AvgIpc) is 2.31. The lowest BCUT2D eigenvalue weighted by molar-refractivity contribution is -0.122. The van der Waals surface area contributed by atoms with Gasteiger partial charge in [0.2, 0.25) is 0 Å². The highest BCUT2D eigenvalue weighted by Crippen LogP contribution is 2.32. The molecule has 0 saturated carbocycles.